The molecule has 0 fully saturated rings. The Morgan fingerprint density at radius 2 is 1.83 bits per heavy atom. The van der Waals surface area contributed by atoms with Gasteiger partial charge >= 0.3 is 0 Å². The number of halogens is 1. The topological polar surface area (TPSA) is 49.4 Å². The lowest BCUT2D eigenvalue weighted by atomic mass is 10.1. The molecule has 4 nitrogen and oxygen atoms in total. The maximum absolute atomic E-state index is 12.9. The van der Waals surface area contributed by atoms with E-state index in [1.165, 1.54) is 11.8 Å². The highest BCUT2D eigenvalue weighted by molar-refractivity contribution is 7.99. The Bertz CT molecular complexity index is 785. The molecular weight excluding hydrogens is 404 g/mol. The largest absolute Gasteiger partial charge is 0.354 e. The predicted molar refractivity (Wildman–Crippen MR) is 122 cm³/mol. The van der Waals surface area contributed by atoms with Crippen LogP contribution in [0.5, 0.6) is 0 Å². The van der Waals surface area contributed by atoms with Gasteiger partial charge in [0.2, 0.25) is 11.8 Å². The van der Waals surface area contributed by atoms with Gasteiger partial charge in [0.25, 0.3) is 0 Å². The van der Waals surface area contributed by atoms with Crippen LogP contribution in [0.15, 0.2) is 54.6 Å². The number of benzene rings is 2. The maximum Gasteiger partial charge on any atom is 0.242 e. The van der Waals surface area contributed by atoms with Crippen molar-refractivity contribution < 1.29 is 9.59 Å². The molecular formula is C23H29ClN2O2S. The van der Waals surface area contributed by atoms with Crippen LogP contribution in [0.4, 0.5) is 0 Å². The molecule has 2 rings (SSSR count). The lowest BCUT2D eigenvalue weighted by molar-refractivity contribution is -0.137. The molecule has 0 bridgehead atoms. The number of thioether (sulfide) groups is 1. The van der Waals surface area contributed by atoms with E-state index in [9.17, 15) is 9.59 Å². The van der Waals surface area contributed by atoms with Gasteiger partial charge in [0.05, 0.1) is 5.75 Å². The number of carbonyl (C=O) groups is 2. The molecule has 0 aliphatic heterocycles. The number of rotatable bonds is 11. The molecule has 0 heterocycles. The first kappa shape index (κ1) is 23.3. The molecule has 29 heavy (non-hydrogen) atoms. The van der Waals surface area contributed by atoms with E-state index in [-0.39, 0.29) is 11.8 Å². The molecule has 2 aromatic rings. The number of hydrogen-bond donors (Lipinski definition) is 1. The van der Waals surface area contributed by atoms with Crippen LogP contribution >= 0.6 is 23.4 Å². The first-order chi connectivity index (χ1) is 14.0. The Hall–Kier alpha value is -1.98. The van der Waals surface area contributed by atoms with Gasteiger partial charge in [0.1, 0.15) is 6.04 Å². The van der Waals surface area contributed by atoms with Gasteiger partial charge in [-0.25, -0.2) is 0 Å². The second-order valence-electron chi connectivity index (χ2n) is 6.91. The lowest BCUT2D eigenvalue weighted by Gasteiger charge is -2.28. The molecule has 2 aromatic carbocycles. The van der Waals surface area contributed by atoms with Crippen molar-refractivity contribution in [2.75, 3.05) is 18.8 Å². The van der Waals surface area contributed by atoms with Gasteiger partial charge < -0.3 is 10.2 Å². The third kappa shape index (κ3) is 8.11. The molecule has 0 saturated carbocycles. The van der Waals surface area contributed by atoms with Crippen molar-refractivity contribution in [1.82, 2.24) is 10.2 Å². The van der Waals surface area contributed by atoms with Crippen molar-refractivity contribution in [2.24, 2.45) is 0 Å². The zero-order valence-electron chi connectivity index (χ0n) is 17.1. The van der Waals surface area contributed by atoms with E-state index in [0.29, 0.717) is 29.6 Å². The molecule has 1 atom stereocenters. The molecule has 0 unspecified atom stereocenters. The van der Waals surface area contributed by atoms with Gasteiger partial charge in [-0.2, -0.15) is 0 Å². The Kier molecular flexibility index (Phi) is 10.1. The zero-order chi connectivity index (χ0) is 21.1. The number of carbonyl (C=O) groups excluding carboxylic acids is 2. The second kappa shape index (κ2) is 12.6. The van der Waals surface area contributed by atoms with Crippen molar-refractivity contribution in [1.29, 1.82) is 0 Å². The highest BCUT2D eigenvalue weighted by atomic mass is 35.5. The van der Waals surface area contributed by atoms with Crippen molar-refractivity contribution in [2.45, 2.75) is 38.5 Å². The summed E-state index contributed by atoms with van der Waals surface area (Å²) in [5.41, 5.74) is 2.23. The quantitative estimate of drug-likeness (QED) is 0.566. The van der Waals surface area contributed by atoms with Gasteiger partial charge in [-0.1, -0.05) is 61.0 Å². The van der Waals surface area contributed by atoms with Crippen molar-refractivity contribution in [3.8, 4) is 0 Å². The fourth-order valence-electron chi connectivity index (χ4n) is 2.93. The number of hydrogen-bond acceptors (Lipinski definition) is 3. The van der Waals surface area contributed by atoms with E-state index < -0.39 is 6.04 Å². The molecule has 0 spiro atoms. The van der Waals surface area contributed by atoms with Crippen LogP contribution in [-0.2, 0) is 21.8 Å². The smallest absolute Gasteiger partial charge is 0.242 e. The van der Waals surface area contributed by atoms with Crippen LogP contribution in [0, 0.1) is 0 Å². The number of amides is 2. The summed E-state index contributed by atoms with van der Waals surface area (Å²) in [6.45, 7) is 4.94. The summed E-state index contributed by atoms with van der Waals surface area (Å²) in [7, 11) is 0. The van der Waals surface area contributed by atoms with Gasteiger partial charge in [-0.15, -0.1) is 11.8 Å². The van der Waals surface area contributed by atoms with Crippen LogP contribution < -0.4 is 5.32 Å². The fraction of sp³-hybridized carbons (Fsp3) is 0.391. The molecule has 0 radical (unpaired) electrons. The summed E-state index contributed by atoms with van der Waals surface area (Å²) in [5, 5.41) is 3.59. The fourth-order valence-corrected chi connectivity index (χ4v) is 4.00. The third-order valence-electron chi connectivity index (χ3n) is 4.58. The first-order valence-corrected chi connectivity index (χ1v) is 11.5. The SMILES string of the molecule is CCCNC(=O)[C@H](C)N(CCc1ccccc1)C(=O)CSCc1cccc(Cl)c1. The maximum atomic E-state index is 12.9. The summed E-state index contributed by atoms with van der Waals surface area (Å²) < 4.78 is 0. The second-order valence-corrected chi connectivity index (χ2v) is 8.33. The molecule has 0 aliphatic rings. The van der Waals surface area contributed by atoms with Crippen LogP contribution in [0.1, 0.15) is 31.4 Å². The lowest BCUT2D eigenvalue weighted by Crippen LogP contribution is -2.49. The molecule has 156 valence electrons. The van der Waals surface area contributed by atoms with E-state index in [2.05, 4.69) is 5.32 Å². The third-order valence-corrected chi connectivity index (χ3v) is 5.81. The van der Waals surface area contributed by atoms with E-state index in [1.54, 1.807) is 11.8 Å². The minimum absolute atomic E-state index is 0.0212. The van der Waals surface area contributed by atoms with Gasteiger partial charge in [0.15, 0.2) is 0 Å². The van der Waals surface area contributed by atoms with Crippen molar-refractivity contribution in [3.63, 3.8) is 0 Å². The minimum atomic E-state index is -0.496. The van der Waals surface area contributed by atoms with Crippen LogP contribution in [0.25, 0.3) is 0 Å². The normalized spacial score (nSPS) is 11.7. The van der Waals surface area contributed by atoms with Crippen LogP contribution in [-0.4, -0.2) is 41.6 Å². The molecule has 6 heteroatoms. The standard InChI is InChI=1S/C23H29ClN2O2S/c1-3-13-25-23(28)18(2)26(14-12-19-8-5-4-6-9-19)22(27)17-29-16-20-10-7-11-21(24)15-20/h4-11,15,18H,3,12-14,16-17H2,1-2H3,(H,25,28)/t18-/m0/s1. The van der Waals surface area contributed by atoms with E-state index >= 15 is 0 Å². The van der Waals surface area contributed by atoms with E-state index in [4.69, 9.17) is 11.6 Å². The Morgan fingerprint density at radius 3 is 2.52 bits per heavy atom. The Labute approximate surface area is 183 Å². The van der Waals surface area contributed by atoms with Gasteiger partial charge in [0, 0.05) is 23.9 Å². The molecule has 0 saturated heterocycles. The van der Waals surface area contributed by atoms with Gasteiger partial charge in [-0.3, -0.25) is 9.59 Å². The van der Waals surface area contributed by atoms with Crippen LogP contribution in [0.3, 0.4) is 0 Å². The monoisotopic (exact) mass is 432 g/mol. The minimum Gasteiger partial charge on any atom is -0.354 e. The van der Waals surface area contributed by atoms with E-state index in [1.807, 2.05) is 61.5 Å². The Morgan fingerprint density at radius 1 is 1.10 bits per heavy atom. The summed E-state index contributed by atoms with van der Waals surface area (Å²) in [4.78, 5) is 27.1. The summed E-state index contributed by atoms with van der Waals surface area (Å²) >= 11 is 7.56. The van der Waals surface area contributed by atoms with E-state index in [0.717, 1.165) is 24.0 Å². The first-order valence-electron chi connectivity index (χ1n) is 9.94. The number of nitrogens with zero attached hydrogens (tertiary/aromatic N) is 1. The van der Waals surface area contributed by atoms with Crippen LogP contribution in [0.2, 0.25) is 5.02 Å². The highest BCUT2D eigenvalue weighted by Crippen LogP contribution is 2.17. The van der Waals surface area contributed by atoms with Gasteiger partial charge in [-0.05, 0) is 43.0 Å². The average molecular weight is 433 g/mol. The Balaban J connectivity index is 1.97. The summed E-state index contributed by atoms with van der Waals surface area (Å²) in [6, 6.07) is 17.2. The van der Waals surface area contributed by atoms with Crippen molar-refractivity contribution >= 4 is 35.2 Å². The molecule has 0 aliphatic carbocycles. The number of nitrogens with one attached hydrogen (secondary N) is 1. The highest BCUT2D eigenvalue weighted by Gasteiger charge is 2.25. The summed E-state index contributed by atoms with van der Waals surface area (Å²) in [5.74, 6) is 0.905. The molecule has 0 aromatic heterocycles. The molecule has 1 N–H and O–H groups in total. The van der Waals surface area contributed by atoms with Crippen molar-refractivity contribution in [3.05, 3.63) is 70.7 Å². The molecule has 2 amide bonds. The average Bonchev–Trinajstić information content (AvgIpc) is 2.72. The summed E-state index contributed by atoms with van der Waals surface area (Å²) in [6.07, 6.45) is 1.59. The zero-order valence-corrected chi connectivity index (χ0v) is 18.6. The predicted octanol–water partition coefficient (Wildman–Crippen LogP) is 4.56.